The Morgan fingerprint density at radius 1 is 0.682 bits per heavy atom. The summed E-state index contributed by atoms with van der Waals surface area (Å²) in [4.78, 5) is 12.3. The summed E-state index contributed by atoms with van der Waals surface area (Å²) in [6.07, 6.45) is 0. The first kappa shape index (κ1) is 20.4. The van der Waals surface area contributed by atoms with Gasteiger partial charge in [-0.1, -0.05) is 12.1 Å². The van der Waals surface area contributed by atoms with Crippen molar-refractivity contribution in [1.29, 1.82) is 0 Å². The Morgan fingerprint density at radius 3 is 1.36 bits per heavy atom. The van der Waals surface area contributed by atoms with E-state index in [1.165, 1.54) is 24.3 Å². The van der Waals surface area contributed by atoms with Crippen molar-refractivity contribution in [3.63, 3.8) is 0 Å². The fraction of sp³-hybridized carbons (Fsp3) is 0. The average Bonchev–Trinajstić information content (AvgIpc) is 2.71. The molecule has 102 valence electrons. The zero-order valence-corrected chi connectivity index (χ0v) is 17.5. The minimum Gasteiger partial charge on any atom is -0.768 e. The van der Waals surface area contributed by atoms with E-state index in [0.29, 0.717) is 11.1 Å². The zero-order chi connectivity index (χ0) is 14.4. The third-order valence-corrected chi connectivity index (χ3v) is 4.42. The summed E-state index contributed by atoms with van der Waals surface area (Å²) in [6.45, 7) is 0. The predicted octanol–water partition coefficient (Wildman–Crippen LogP) is -4.62. The van der Waals surface area contributed by atoms with Crippen molar-refractivity contribution < 1.29 is 81.4 Å². The molecule has 2 aromatic rings. The van der Waals surface area contributed by atoms with Gasteiger partial charge in [0.1, 0.15) is 0 Å². The van der Waals surface area contributed by atoms with E-state index in [2.05, 4.69) is 0 Å². The first-order valence-corrected chi connectivity index (χ1v) is 7.65. The van der Waals surface area contributed by atoms with Gasteiger partial charge in [-0.2, -0.15) is 0 Å². The standard InChI is InChI=1S/C13H8O5S2.2Na/c14-13-11-5-7(19(15)16)1-3-9(11)10-4-2-8(20(17)18)6-12(10)13;;/h1-6H,(H,15,16)(H,17,18);;/q;2*+1/p-2. The number of carbonyl (C=O) groups excluding carboxylic acids is 1. The Bertz CT molecular complexity index is 742. The van der Waals surface area contributed by atoms with Gasteiger partial charge in [-0.3, -0.25) is 13.2 Å². The van der Waals surface area contributed by atoms with Crippen molar-refractivity contribution in [3.05, 3.63) is 47.5 Å². The fourth-order valence-corrected chi connectivity index (χ4v) is 3.03. The maximum atomic E-state index is 12.2. The molecule has 0 heterocycles. The van der Waals surface area contributed by atoms with Crippen molar-refractivity contribution in [2.75, 3.05) is 0 Å². The third-order valence-electron chi connectivity index (χ3n) is 3.15. The van der Waals surface area contributed by atoms with Crippen LogP contribution in [0.25, 0.3) is 11.1 Å². The first-order chi connectivity index (χ1) is 9.49. The molecule has 0 N–H and O–H groups in total. The molecule has 2 aromatic carbocycles. The molecule has 0 aliphatic heterocycles. The summed E-state index contributed by atoms with van der Waals surface area (Å²) in [7, 11) is 0. The second kappa shape index (κ2) is 7.94. The molecule has 0 aromatic heterocycles. The molecule has 0 spiro atoms. The van der Waals surface area contributed by atoms with Crippen molar-refractivity contribution in [3.8, 4) is 11.1 Å². The Morgan fingerprint density at radius 2 is 1.05 bits per heavy atom. The molecule has 3 rings (SSSR count). The van der Waals surface area contributed by atoms with E-state index in [1.54, 1.807) is 12.1 Å². The molecule has 22 heavy (non-hydrogen) atoms. The number of benzene rings is 2. The van der Waals surface area contributed by atoms with Gasteiger partial charge in [0, 0.05) is 20.9 Å². The second-order valence-electron chi connectivity index (χ2n) is 4.21. The van der Waals surface area contributed by atoms with Gasteiger partial charge in [-0.15, -0.1) is 0 Å². The number of rotatable bonds is 2. The molecule has 0 saturated heterocycles. The van der Waals surface area contributed by atoms with Crippen LogP contribution in [-0.2, 0) is 22.2 Å². The summed E-state index contributed by atoms with van der Waals surface area (Å²) < 4.78 is 43.7. The molecule has 0 radical (unpaired) electrons. The van der Waals surface area contributed by atoms with E-state index in [9.17, 15) is 22.3 Å². The Kier molecular flexibility index (Phi) is 7.35. The molecule has 0 fully saturated rings. The molecule has 1 aliphatic carbocycles. The number of fused-ring (bicyclic) bond motifs is 3. The van der Waals surface area contributed by atoms with Gasteiger partial charge in [0.25, 0.3) is 0 Å². The van der Waals surface area contributed by atoms with Crippen molar-refractivity contribution in [2.45, 2.75) is 9.79 Å². The van der Waals surface area contributed by atoms with Crippen LogP contribution >= 0.6 is 0 Å². The molecule has 0 saturated carbocycles. The monoisotopic (exact) mass is 352 g/mol. The second-order valence-corrected chi connectivity index (χ2v) is 6.09. The largest absolute Gasteiger partial charge is 1.00 e. The van der Waals surface area contributed by atoms with Crippen LogP contribution in [0.5, 0.6) is 0 Å². The van der Waals surface area contributed by atoms with Gasteiger partial charge < -0.3 is 9.11 Å². The van der Waals surface area contributed by atoms with E-state index in [0.717, 1.165) is 0 Å². The molecular weight excluding hydrogens is 346 g/mol. The predicted molar refractivity (Wildman–Crippen MR) is 69.7 cm³/mol. The number of hydrogen-bond donors (Lipinski definition) is 0. The van der Waals surface area contributed by atoms with Gasteiger partial charge in [0.2, 0.25) is 0 Å². The van der Waals surface area contributed by atoms with Crippen LogP contribution in [0.1, 0.15) is 15.9 Å². The van der Waals surface area contributed by atoms with Crippen LogP contribution in [0.15, 0.2) is 46.2 Å². The number of ketones is 1. The summed E-state index contributed by atoms with van der Waals surface area (Å²) in [5, 5.41) is 0. The quantitative estimate of drug-likeness (QED) is 0.341. The first-order valence-electron chi connectivity index (χ1n) is 5.51. The average molecular weight is 352 g/mol. The van der Waals surface area contributed by atoms with Crippen molar-refractivity contribution in [2.24, 2.45) is 0 Å². The van der Waals surface area contributed by atoms with Gasteiger partial charge in [0.15, 0.2) is 5.78 Å². The fourth-order valence-electron chi connectivity index (χ4n) is 2.24. The van der Waals surface area contributed by atoms with E-state index in [4.69, 9.17) is 0 Å². The minimum atomic E-state index is -2.41. The summed E-state index contributed by atoms with van der Waals surface area (Å²) >= 11 is -4.83. The molecule has 0 amide bonds. The normalized spacial score (nSPS) is 14.2. The Balaban J connectivity index is 0.00000121. The number of hydrogen-bond acceptors (Lipinski definition) is 5. The van der Waals surface area contributed by atoms with Gasteiger partial charge in [-0.05, 0) is 57.6 Å². The van der Waals surface area contributed by atoms with Gasteiger partial charge >= 0.3 is 59.1 Å². The smallest absolute Gasteiger partial charge is 0.768 e. The minimum absolute atomic E-state index is 0. The summed E-state index contributed by atoms with van der Waals surface area (Å²) in [5.74, 6) is -0.366. The zero-order valence-electron chi connectivity index (χ0n) is 11.8. The maximum Gasteiger partial charge on any atom is 1.00 e. The van der Waals surface area contributed by atoms with Crippen LogP contribution in [0, 0.1) is 0 Å². The van der Waals surface area contributed by atoms with E-state index in [1.807, 2.05) is 0 Å². The molecular formula is C13H6Na2O5S2. The van der Waals surface area contributed by atoms with Crippen LogP contribution < -0.4 is 59.1 Å². The van der Waals surface area contributed by atoms with Crippen molar-refractivity contribution >= 4 is 27.9 Å². The molecule has 2 atom stereocenters. The van der Waals surface area contributed by atoms with Crippen LogP contribution in [0.4, 0.5) is 0 Å². The van der Waals surface area contributed by atoms with Gasteiger partial charge in [-0.25, -0.2) is 0 Å². The molecule has 9 heteroatoms. The van der Waals surface area contributed by atoms with Gasteiger partial charge in [0.05, 0.1) is 0 Å². The van der Waals surface area contributed by atoms with Crippen LogP contribution in [0.3, 0.4) is 0 Å². The topological polar surface area (TPSA) is 97.3 Å². The molecule has 0 bridgehead atoms. The van der Waals surface area contributed by atoms with Crippen LogP contribution in [0.2, 0.25) is 0 Å². The van der Waals surface area contributed by atoms with E-state index < -0.39 is 22.2 Å². The van der Waals surface area contributed by atoms with Crippen molar-refractivity contribution in [1.82, 2.24) is 0 Å². The molecule has 5 nitrogen and oxygen atoms in total. The third kappa shape index (κ3) is 3.54. The Labute approximate surface area is 176 Å². The summed E-state index contributed by atoms with van der Waals surface area (Å²) in [6, 6.07) is 8.52. The van der Waals surface area contributed by atoms with E-state index >= 15 is 0 Å². The SMILES string of the molecule is O=C1c2cc(S(=O)[O-])ccc2-c2ccc(S(=O)[O-])cc21.[Na+].[Na+]. The Hall–Kier alpha value is 0.330. The maximum absolute atomic E-state index is 12.2. The molecule has 1 aliphatic rings. The molecule has 2 unspecified atom stereocenters. The summed E-state index contributed by atoms with van der Waals surface area (Å²) in [5.41, 5.74) is 1.77. The number of carbonyl (C=O) groups is 1. The van der Waals surface area contributed by atoms with E-state index in [-0.39, 0.29) is 85.8 Å². The van der Waals surface area contributed by atoms with Crippen LogP contribution in [-0.4, -0.2) is 23.3 Å².